The first-order valence-electron chi connectivity index (χ1n) is 4.35. The zero-order valence-electron chi connectivity index (χ0n) is 8.34. The van der Waals surface area contributed by atoms with Crippen molar-refractivity contribution in [2.45, 2.75) is 32.7 Å². The minimum absolute atomic E-state index is 0.0419. The van der Waals surface area contributed by atoms with Crippen LogP contribution in [0.25, 0.3) is 0 Å². The number of anilines is 1. The summed E-state index contributed by atoms with van der Waals surface area (Å²) in [6.45, 7) is 6.03. The van der Waals surface area contributed by atoms with E-state index in [4.69, 9.17) is 5.73 Å². The number of alkyl halides is 1. The standard InChI is InChI=1S/C9H16FN3/c1-9(2,3)7-6-8(11)12-13(7)5-4-10/h6H,4-5H2,1-3H3,(H2,11,12). The van der Waals surface area contributed by atoms with E-state index in [0.29, 0.717) is 5.82 Å². The normalized spacial score (nSPS) is 12.0. The Hall–Kier alpha value is -1.06. The molecule has 0 aliphatic heterocycles. The van der Waals surface area contributed by atoms with E-state index < -0.39 is 6.67 Å². The first kappa shape index (κ1) is 10.0. The Morgan fingerprint density at radius 2 is 2.15 bits per heavy atom. The monoisotopic (exact) mass is 185 g/mol. The lowest BCUT2D eigenvalue weighted by molar-refractivity contribution is 0.401. The first-order chi connectivity index (χ1) is 5.95. The second-order valence-electron chi connectivity index (χ2n) is 4.12. The topological polar surface area (TPSA) is 43.8 Å². The van der Waals surface area contributed by atoms with Crippen molar-refractivity contribution in [1.29, 1.82) is 0 Å². The molecule has 0 radical (unpaired) electrons. The van der Waals surface area contributed by atoms with Crippen molar-refractivity contribution in [3.63, 3.8) is 0 Å². The van der Waals surface area contributed by atoms with Crippen LogP contribution >= 0.6 is 0 Å². The molecule has 1 heterocycles. The lowest BCUT2D eigenvalue weighted by Gasteiger charge is -2.19. The first-order valence-corrected chi connectivity index (χ1v) is 4.35. The molecular weight excluding hydrogens is 169 g/mol. The summed E-state index contributed by atoms with van der Waals surface area (Å²) in [7, 11) is 0. The van der Waals surface area contributed by atoms with E-state index in [1.165, 1.54) is 0 Å². The summed E-state index contributed by atoms with van der Waals surface area (Å²) in [4.78, 5) is 0. The summed E-state index contributed by atoms with van der Waals surface area (Å²) in [5.74, 6) is 0.457. The van der Waals surface area contributed by atoms with Gasteiger partial charge in [0, 0.05) is 17.2 Å². The molecule has 0 saturated carbocycles. The molecule has 0 aliphatic rings. The van der Waals surface area contributed by atoms with E-state index in [1.54, 1.807) is 10.7 Å². The SMILES string of the molecule is CC(C)(C)c1cc(N)nn1CCF. The highest BCUT2D eigenvalue weighted by molar-refractivity contribution is 5.32. The minimum atomic E-state index is -0.413. The number of hydrogen-bond acceptors (Lipinski definition) is 2. The van der Waals surface area contributed by atoms with Gasteiger partial charge in [-0.05, 0) is 0 Å². The molecule has 2 N–H and O–H groups in total. The van der Waals surface area contributed by atoms with Gasteiger partial charge >= 0.3 is 0 Å². The molecule has 0 aromatic carbocycles. The third-order valence-corrected chi connectivity index (χ3v) is 1.86. The summed E-state index contributed by atoms with van der Waals surface area (Å²) in [5.41, 5.74) is 6.48. The summed E-state index contributed by atoms with van der Waals surface area (Å²) >= 11 is 0. The summed E-state index contributed by atoms with van der Waals surface area (Å²) in [6, 6.07) is 1.80. The van der Waals surface area contributed by atoms with Gasteiger partial charge in [0.15, 0.2) is 0 Å². The van der Waals surface area contributed by atoms with Crippen LogP contribution in [0.4, 0.5) is 10.2 Å². The van der Waals surface area contributed by atoms with E-state index in [9.17, 15) is 4.39 Å². The van der Waals surface area contributed by atoms with Gasteiger partial charge in [0.05, 0.1) is 6.54 Å². The van der Waals surface area contributed by atoms with Gasteiger partial charge in [-0.1, -0.05) is 20.8 Å². The zero-order valence-corrected chi connectivity index (χ0v) is 8.34. The maximum Gasteiger partial charge on any atom is 0.145 e. The number of rotatable bonds is 2. The van der Waals surface area contributed by atoms with Crippen molar-refractivity contribution in [1.82, 2.24) is 9.78 Å². The van der Waals surface area contributed by atoms with Crippen LogP contribution in [-0.4, -0.2) is 16.5 Å². The highest BCUT2D eigenvalue weighted by atomic mass is 19.1. The third-order valence-electron chi connectivity index (χ3n) is 1.86. The van der Waals surface area contributed by atoms with Gasteiger partial charge in [-0.2, -0.15) is 5.10 Å². The van der Waals surface area contributed by atoms with Crippen molar-refractivity contribution < 1.29 is 4.39 Å². The fourth-order valence-corrected chi connectivity index (χ4v) is 1.29. The molecular formula is C9H16FN3. The van der Waals surface area contributed by atoms with Crippen molar-refractivity contribution in [2.75, 3.05) is 12.4 Å². The lowest BCUT2D eigenvalue weighted by Crippen LogP contribution is -2.19. The third kappa shape index (κ3) is 2.20. The zero-order chi connectivity index (χ0) is 10.1. The van der Waals surface area contributed by atoms with Crippen molar-refractivity contribution >= 4 is 5.82 Å². The van der Waals surface area contributed by atoms with E-state index in [-0.39, 0.29) is 12.0 Å². The number of nitrogens with two attached hydrogens (primary N) is 1. The highest BCUT2D eigenvalue weighted by Gasteiger charge is 2.19. The van der Waals surface area contributed by atoms with Gasteiger partial charge in [0.2, 0.25) is 0 Å². The van der Waals surface area contributed by atoms with Crippen molar-refractivity contribution in [3.05, 3.63) is 11.8 Å². The molecule has 0 saturated heterocycles. The Morgan fingerprint density at radius 1 is 1.54 bits per heavy atom. The molecule has 1 rings (SSSR count). The van der Waals surface area contributed by atoms with Crippen LogP contribution in [-0.2, 0) is 12.0 Å². The summed E-state index contributed by atoms with van der Waals surface area (Å²) < 4.78 is 13.8. The molecule has 0 atom stereocenters. The summed E-state index contributed by atoms with van der Waals surface area (Å²) in [5, 5.41) is 4.02. The van der Waals surface area contributed by atoms with Crippen LogP contribution in [0.3, 0.4) is 0 Å². The van der Waals surface area contributed by atoms with Gasteiger partial charge in [0.25, 0.3) is 0 Å². The maximum atomic E-state index is 12.2. The van der Waals surface area contributed by atoms with Gasteiger partial charge in [0.1, 0.15) is 12.5 Å². The molecule has 0 bridgehead atoms. The fourth-order valence-electron chi connectivity index (χ4n) is 1.29. The Morgan fingerprint density at radius 3 is 2.62 bits per heavy atom. The second kappa shape index (κ2) is 3.36. The Kier molecular flexibility index (Phi) is 2.59. The second-order valence-corrected chi connectivity index (χ2v) is 4.12. The average molecular weight is 185 g/mol. The quantitative estimate of drug-likeness (QED) is 0.762. The average Bonchev–Trinajstić information content (AvgIpc) is 2.30. The van der Waals surface area contributed by atoms with E-state index >= 15 is 0 Å². The molecule has 3 nitrogen and oxygen atoms in total. The number of aryl methyl sites for hydroxylation is 1. The van der Waals surface area contributed by atoms with Crippen LogP contribution < -0.4 is 5.73 Å². The highest BCUT2D eigenvalue weighted by Crippen LogP contribution is 2.23. The number of aromatic nitrogens is 2. The van der Waals surface area contributed by atoms with Gasteiger partial charge in [-0.25, -0.2) is 4.39 Å². The van der Waals surface area contributed by atoms with E-state index in [2.05, 4.69) is 25.9 Å². The van der Waals surface area contributed by atoms with Crippen molar-refractivity contribution in [2.24, 2.45) is 0 Å². The Balaban J connectivity index is 3.04. The molecule has 0 amide bonds. The van der Waals surface area contributed by atoms with Gasteiger partial charge < -0.3 is 5.73 Å². The number of hydrogen-bond donors (Lipinski definition) is 1. The molecule has 0 spiro atoms. The van der Waals surface area contributed by atoms with Crippen LogP contribution in [0.5, 0.6) is 0 Å². The molecule has 74 valence electrons. The lowest BCUT2D eigenvalue weighted by atomic mass is 9.92. The van der Waals surface area contributed by atoms with E-state index in [0.717, 1.165) is 5.69 Å². The molecule has 0 aliphatic carbocycles. The number of nitrogens with zero attached hydrogens (tertiary/aromatic N) is 2. The largest absolute Gasteiger partial charge is 0.382 e. The maximum absolute atomic E-state index is 12.2. The van der Waals surface area contributed by atoms with Crippen LogP contribution in [0.2, 0.25) is 0 Å². The number of halogens is 1. The molecule has 1 aromatic rings. The predicted molar refractivity (Wildman–Crippen MR) is 51.3 cm³/mol. The van der Waals surface area contributed by atoms with Gasteiger partial charge in [-0.15, -0.1) is 0 Å². The predicted octanol–water partition coefficient (Wildman–Crippen LogP) is 1.73. The minimum Gasteiger partial charge on any atom is -0.382 e. The van der Waals surface area contributed by atoms with E-state index in [1.807, 2.05) is 0 Å². The van der Waals surface area contributed by atoms with Gasteiger partial charge in [-0.3, -0.25) is 4.68 Å². The smallest absolute Gasteiger partial charge is 0.145 e. The molecule has 1 aromatic heterocycles. The molecule has 4 heteroatoms. The van der Waals surface area contributed by atoms with Crippen molar-refractivity contribution in [3.8, 4) is 0 Å². The molecule has 0 fully saturated rings. The Labute approximate surface area is 77.7 Å². The van der Waals surface area contributed by atoms with Crippen LogP contribution in [0.15, 0.2) is 6.07 Å². The Bertz CT molecular complexity index is 286. The van der Waals surface area contributed by atoms with Crippen LogP contribution in [0.1, 0.15) is 26.5 Å². The summed E-state index contributed by atoms with van der Waals surface area (Å²) in [6.07, 6.45) is 0. The molecule has 13 heavy (non-hydrogen) atoms. The number of nitrogen functional groups attached to an aromatic ring is 1. The molecule has 0 unspecified atom stereocenters. The fraction of sp³-hybridized carbons (Fsp3) is 0.667. The van der Waals surface area contributed by atoms with Crippen LogP contribution in [0, 0.1) is 0 Å².